The number of hydrogen-bond acceptors (Lipinski definition) is 6. The SMILES string of the molecule is CC/C=C\C/C=C\C/C=C\C/C=C\C/C=C\CCCCCCCC(=O)OCC(COC(=O)CCCCCCC/C=C\CCCCCCC)OC(=O)CCCCCCC/C=C\C/C=C\CCCC. The maximum atomic E-state index is 12.8. The van der Waals surface area contributed by atoms with Crippen LogP contribution in [0.2, 0.25) is 0 Å². The van der Waals surface area contributed by atoms with Crippen LogP contribution in [0.15, 0.2) is 97.2 Å². The second kappa shape index (κ2) is 54.9. The maximum absolute atomic E-state index is 12.8. The molecule has 1 atom stereocenters. The molecule has 0 aliphatic carbocycles. The highest BCUT2D eigenvalue weighted by molar-refractivity contribution is 5.71. The standard InChI is InChI=1S/C61H102O6/c1-4-7-10-13-16-19-22-25-28-29-30-31-32-33-34-37-39-42-45-48-51-54-60(63)66-57-58(67-61(64)55-52-49-46-43-40-36-27-24-21-18-15-12-9-6-3)56-65-59(62)53-50-47-44-41-38-35-26-23-20-17-14-11-8-5-2/h7,10,15-16,18-19,23-28,30-31,33-34,58H,4-6,8-9,11-14,17,20-22,29,32,35-57H2,1-3H3/b10-7-,18-15-,19-16-,26-23-,27-24-,28-25-,31-30-,34-33-. The summed E-state index contributed by atoms with van der Waals surface area (Å²) in [6, 6.07) is 0. The van der Waals surface area contributed by atoms with Crippen LogP contribution >= 0.6 is 0 Å². The van der Waals surface area contributed by atoms with E-state index in [2.05, 4.69) is 118 Å². The van der Waals surface area contributed by atoms with Gasteiger partial charge in [0.05, 0.1) is 0 Å². The van der Waals surface area contributed by atoms with Crippen molar-refractivity contribution in [1.82, 2.24) is 0 Å². The quantitative estimate of drug-likeness (QED) is 0.0262. The smallest absolute Gasteiger partial charge is 0.306 e. The van der Waals surface area contributed by atoms with Gasteiger partial charge in [-0.25, -0.2) is 0 Å². The number of rotatable bonds is 49. The summed E-state index contributed by atoms with van der Waals surface area (Å²) in [5, 5.41) is 0. The zero-order chi connectivity index (χ0) is 48.6. The first-order chi connectivity index (χ1) is 33.0. The van der Waals surface area contributed by atoms with Gasteiger partial charge in [0.25, 0.3) is 0 Å². The fourth-order valence-electron chi connectivity index (χ4n) is 7.36. The molecular formula is C61H102O6. The molecule has 0 rings (SSSR count). The van der Waals surface area contributed by atoms with E-state index in [4.69, 9.17) is 14.2 Å². The van der Waals surface area contributed by atoms with Gasteiger partial charge >= 0.3 is 17.9 Å². The van der Waals surface area contributed by atoms with Gasteiger partial charge in [-0.3, -0.25) is 14.4 Å². The fourth-order valence-corrected chi connectivity index (χ4v) is 7.36. The molecule has 382 valence electrons. The number of allylic oxidation sites excluding steroid dienone is 16. The van der Waals surface area contributed by atoms with E-state index in [0.717, 1.165) is 141 Å². The molecule has 0 aromatic heterocycles. The van der Waals surface area contributed by atoms with E-state index in [1.54, 1.807) is 0 Å². The first-order valence-electron chi connectivity index (χ1n) is 27.7. The first kappa shape index (κ1) is 63.3. The lowest BCUT2D eigenvalue weighted by molar-refractivity contribution is -0.167. The normalized spacial score (nSPS) is 12.8. The molecule has 0 radical (unpaired) electrons. The van der Waals surface area contributed by atoms with Gasteiger partial charge in [-0.15, -0.1) is 0 Å². The van der Waals surface area contributed by atoms with Crippen LogP contribution in [0.3, 0.4) is 0 Å². The number of esters is 3. The monoisotopic (exact) mass is 931 g/mol. The number of carbonyl (C=O) groups is 3. The fraction of sp³-hybridized carbons (Fsp3) is 0.689. The van der Waals surface area contributed by atoms with Crippen LogP contribution in [-0.2, 0) is 28.6 Å². The Bertz CT molecular complexity index is 1350. The molecule has 0 saturated heterocycles. The molecule has 0 heterocycles. The van der Waals surface area contributed by atoms with Gasteiger partial charge in [-0.05, 0) is 116 Å². The van der Waals surface area contributed by atoms with Crippen LogP contribution in [0.4, 0.5) is 0 Å². The highest BCUT2D eigenvalue weighted by Gasteiger charge is 2.19. The Balaban J connectivity index is 4.44. The van der Waals surface area contributed by atoms with Crippen molar-refractivity contribution in [2.24, 2.45) is 0 Å². The van der Waals surface area contributed by atoms with Crippen LogP contribution in [-0.4, -0.2) is 37.2 Å². The Labute approximate surface area is 413 Å². The molecule has 0 aliphatic rings. The van der Waals surface area contributed by atoms with Crippen molar-refractivity contribution in [2.45, 2.75) is 258 Å². The van der Waals surface area contributed by atoms with Crippen LogP contribution < -0.4 is 0 Å². The molecule has 0 N–H and O–H groups in total. The molecule has 0 aromatic rings. The second-order valence-electron chi connectivity index (χ2n) is 18.1. The lowest BCUT2D eigenvalue weighted by Crippen LogP contribution is -2.30. The molecule has 0 aliphatic heterocycles. The Hall–Kier alpha value is -3.67. The van der Waals surface area contributed by atoms with E-state index in [1.807, 2.05) is 0 Å². The average Bonchev–Trinajstić information content (AvgIpc) is 3.33. The number of ether oxygens (including phenoxy) is 3. The zero-order valence-electron chi connectivity index (χ0n) is 43.6. The summed E-state index contributed by atoms with van der Waals surface area (Å²) < 4.78 is 16.8. The van der Waals surface area contributed by atoms with E-state index < -0.39 is 6.10 Å². The van der Waals surface area contributed by atoms with Crippen molar-refractivity contribution < 1.29 is 28.6 Å². The molecule has 0 aromatic carbocycles. The molecule has 0 bridgehead atoms. The van der Waals surface area contributed by atoms with Crippen LogP contribution in [0, 0.1) is 0 Å². The van der Waals surface area contributed by atoms with Crippen LogP contribution in [0.5, 0.6) is 0 Å². The summed E-state index contributed by atoms with van der Waals surface area (Å²) >= 11 is 0. The van der Waals surface area contributed by atoms with Gasteiger partial charge in [0, 0.05) is 19.3 Å². The Kier molecular flexibility index (Phi) is 51.9. The summed E-state index contributed by atoms with van der Waals surface area (Å²) in [5.41, 5.74) is 0. The van der Waals surface area contributed by atoms with Crippen molar-refractivity contribution in [3.8, 4) is 0 Å². The summed E-state index contributed by atoms with van der Waals surface area (Å²) in [7, 11) is 0. The molecule has 0 saturated carbocycles. The van der Waals surface area contributed by atoms with Gasteiger partial charge in [0.15, 0.2) is 6.10 Å². The molecule has 0 fully saturated rings. The van der Waals surface area contributed by atoms with Gasteiger partial charge in [0.1, 0.15) is 13.2 Å². The predicted molar refractivity (Wildman–Crippen MR) is 288 cm³/mol. The number of carbonyl (C=O) groups excluding carboxylic acids is 3. The van der Waals surface area contributed by atoms with Crippen molar-refractivity contribution in [3.63, 3.8) is 0 Å². The summed E-state index contributed by atoms with van der Waals surface area (Å²) in [6.07, 6.45) is 72.4. The largest absolute Gasteiger partial charge is 0.462 e. The molecule has 1 unspecified atom stereocenters. The maximum Gasteiger partial charge on any atom is 0.306 e. The molecule has 0 spiro atoms. The molecule has 67 heavy (non-hydrogen) atoms. The lowest BCUT2D eigenvalue weighted by atomic mass is 10.1. The van der Waals surface area contributed by atoms with Crippen molar-refractivity contribution >= 4 is 17.9 Å². The van der Waals surface area contributed by atoms with Gasteiger partial charge in [-0.2, -0.15) is 0 Å². The van der Waals surface area contributed by atoms with Crippen molar-refractivity contribution in [2.75, 3.05) is 13.2 Å². The average molecular weight is 931 g/mol. The van der Waals surface area contributed by atoms with Crippen LogP contribution in [0.25, 0.3) is 0 Å². The van der Waals surface area contributed by atoms with E-state index in [-0.39, 0.29) is 31.1 Å². The second-order valence-corrected chi connectivity index (χ2v) is 18.1. The third-order valence-electron chi connectivity index (χ3n) is 11.5. The minimum absolute atomic E-state index is 0.0945. The van der Waals surface area contributed by atoms with Gasteiger partial charge in [-0.1, -0.05) is 214 Å². The summed E-state index contributed by atoms with van der Waals surface area (Å²) in [4.78, 5) is 38.1. The topological polar surface area (TPSA) is 78.9 Å². The third-order valence-corrected chi connectivity index (χ3v) is 11.5. The van der Waals surface area contributed by atoms with Gasteiger partial charge in [0.2, 0.25) is 0 Å². The Morgan fingerprint density at radius 2 is 0.597 bits per heavy atom. The Morgan fingerprint density at radius 1 is 0.313 bits per heavy atom. The minimum atomic E-state index is -0.797. The highest BCUT2D eigenvalue weighted by Crippen LogP contribution is 2.14. The molecule has 6 nitrogen and oxygen atoms in total. The summed E-state index contributed by atoms with van der Waals surface area (Å²) in [5.74, 6) is -0.936. The Morgan fingerprint density at radius 3 is 0.970 bits per heavy atom. The van der Waals surface area contributed by atoms with Crippen LogP contribution in [0.1, 0.15) is 252 Å². The molecular weight excluding hydrogens is 829 g/mol. The highest BCUT2D eigenvalue weighted by atomic mass is 16.6. The van der Waals surface area contributed by atoms with E-state index >= 15 is 0 Å². The number of unbranched alkanes of at least 4 members (excludes halogenated alkanes) is 22. The number of hydrogen-bond donors (Lipinski definition) is 0. The van der Waals surface area contributed by atoms with E-state index in [0.29, 0.717) is 19.3 Å². The van der Waals surface area contributed by atoms with Gasteiger partial charge < -0.3 is 14.2 Å². The van der Waals surface area contributed by atoms with E-state index in [1.165, 1.54) is 70.6 Å². The molecule has 0 amide bonds. The zero-order valence-corrected chi connectivity index (χ0v) is 43.6. The minimum Gasteiger partial charge on any atom is -0.462 e. The van der Waals surface area contributed by atoms with Crippen molar-refractivity contribution in [1.29, 1.82) is 0 Å². The predicted octanol–water partition coefficient (Wildman–Crippen LogP) is 18.5. The van der Waals surface area contributed by atoms with E-state index in [9.17, 15) is 14.4 Å². The lowest BCUT2D eigenvalue weighted by Gasteiger charge is -2.18. The summed E-state index contributed by atoms with van der Waals surface area (Å²) in [6.45, 7) is 6.44. The van der Waals surface area contributed by atoms with Crippen molar-refractivity contribution in [3.05, 3.63) is 97.2 Å². The molecule has 6 heteroatoms. The third kappa shape index (κ3) is 53.2. The first-order valence-corrected chi connectivity index (χ1v) is 27.7.